The number of rotatable bonds is 5. The van der Waals surface area contributed by atoms with Crippen LogP contribution in [-0.4, -0.2) is 42.6 Å². The van der Waals surface area contributed by atoms with Crippen LogP contribution >= 0.6 is 0 Å². The maximum absolute atomic E-state index is 12.7. The molecular formula is C26H24N6O3S. The van der Waals surface area contributed by atoms with Crippen LogP contribution in [0.25, 0.3) is 10.8 Å². The Hall–Kier alpha value is -4.04. The van der Waals surface area contributed by atoms with Crippen molar-refractivity contribution in [2.45, 2.75) is 23.8 Å². The van der Waals surface area contributed by atoms with Crippen LogP contribution in [0.1, 0.15) is 24.1 Å². The minimum Gasteiger partial charge on any atom is -0.383 e. The molecule has 0 bridgehead atoms. The summed E-state index contributed by atoms with van der Waals surface area (Å²) in [6.45, 7) is 1.13. The molecular weight excluding hydrogens is 476 g/mol. The summed E-state index contributed by atoms with van der Waals surface area (Å²) in [5.41, 5.74) is 7.81. The minimum atomic E-state index is -3.60. The van der Waals surface area contributed by atoms with E-state index in [1.54, 1.807) is 55.0 Å². The molecule has 0 atom stereocenters. The molecule has 9 nitrogen and oxygen atoms in total. The van der Waals surface area contributed by atoms with Crippen LogP contribution in [0.3, 0.4) is 0 Å². The molecule has 4 aromatic rings. The largest absolute Gasteiger partial charge is 0.383 e. The van der Waals surface area contributed by atoms with Crippen molar-refractivity contribution < 1.29 is 13.2 Å². The predicted octanol–water partition coefficient (Wildman–Crippen LogP) is 3.21. The quantitative estimate of drug-likeness (QED) is 0.356. The molecule has 3 aromatic heterocycles. The summed E-state index contributed by atoms with van der Waals surface area (Å²) < 4.78 is 33.5. The monoisotopic (exact) mass is 500 g/mol. The van der Waals surface area contributed by atoms with Gasteiger partial charge in [0, 0.05) is 54.3 Å². The maximum atomic E-state index is 12.7. The Balaban J connectivity index is 1.35. The molecule has 10 heteroatoms. The van der Waals surface area contributed by atoms with E-state index in [1.807, 2.05) is 12.1 Å². The summed E-state index contributed by atoms with van der Waals surface area (Å²) in [7, 11) is -3.60. The molecule has 4 heterocycles. The second-order valence-electron chi connectivity index (χ2n) is 8.29. The van der Waals surface area contributed by atoms with Gasteiger partial charge in [-0.2, -0.15) is 0 Å². The average Bonchev–Trinajstić information content (AvgIpc) is 2.89. The van der Waals surface area contributed by atoms with Crippen molar-refractivity contribution in [1.29, 1.82) is 0 Å². The molecule has 1 aromatic carbocycles. The van der Waals surface area contributed by atoms with E-state index in [9.17, 15) is 8.42 Å². The molecule has 1 fully saturated rings. The highest BCUT2D eigenvalue weighted by atomic mass is 32.2. The first-order chi connectivity index (χ1) is 17.5. The number of ether oxygens (including phenoxy) is 1. The molecule has 0 unspecified atom stereocenters. The SMILES string of the molecule is Nc1ncccc1C#Cc1nccc2cnc(Nc3ccc(S(=O)(=O)NC4CCOCC4)cc3)cc12. The van der Waals surface area contributed by atoms with E-state index in [1.165, 1.54) is 0 Å². The number of hydrogen-bond donors (Lipinski definition) is 3. The predicted molar refractivity (Wildman–Crippen MR) is 138 cm³/mol. The Labute approximate surface area is 209 Å². The normalized spacial score (nSPS) is 14.2. The van der Waals surface area contributed by atoms with Gasteiger partial charge in [0.05, 0.1) is 10.5 Å². The second kappa shape index (κ2) is 10.3. The van der Waals surface area contributed by atoms with E-state index in [2.05, 4.69) is 36.8 Å². The molecule has 1 aliphatic rings. The van der Waals surface area contributed by atoms with Gasteiger partial charge >= 0.3 is 0 Å². The molecule has 4 N–H and O–H groups in total. The minimum absolute atomic E-state index is 0.108. The van der Waals surface area contributed by atoms with Gasteiger partial charge in [0.1, 0.15) is 17.3 Å². The Morgan fingerprint density at radius 1 is 0.972 bits per heavy atom. The van der Waals surface area contributed by atoms with Crippen LogP contribution in [0.15, 0.2) is 72.0 Å². The number of anilines is 3. The zero-order valence-electron chi connectivity index (χ0n) is 19.3. The van der Waals surface area contributed by atoms with E-state index in [0.29, 0.717) is 54.6 Å². The van der Waals surface area contributed by atoms with E-state index in [0.717, 1.165) is 10.8 Å². The van der Waals surface area contributed by atoms with Gasteiger partial charge in [0.25, 0.3) is 0 Å². The Morgan fingerprint density at radius 3 is 2.56 bits per heavy atom. The van der Waals surface area contributed by atoms with Crippen molar-refractivity contribution in [3.63, 3.8) is 0 Å². The number of aromatic nitrogens is 3. The summed E-state index contributed by atoms with van der Waals surface area (Å²) in [5.74, 6) is 7.05. The number of nitrogens with one attached hydrogen (secondary N) is 2. The highest BCUT2D eigenvalue weighted by Gasteiger charge is 2.22. The fourth-order valence-corrected chi connectivity index (χ4v) is 5.16. The van der Waals surface area contributed by atoms with Gasteiger partial charge in [-0.05, 0) is 67.3 Å². The van der Waals surface area contributed by atoms with Crippen LogP contribution in [0.4, 0.5) is 17.3 Å². The lowest BCUT2D eigenvalue weighted by Gasteiger charge is -2.23. The van der Waals surface area contributed by atoms with Gasteiger partial charge in [0.15, 0.2) is 0 Å². The molecule has 0 amide bonds. The highest BCUT2D eigenvalue weighted by Crippen LogP contribution is 2.23. The molecule has 0 saturated carbocycles. The third-order valence-electron chi connectivity index (χ3n) is 5.78. The number of fused-ring (bicyclic) bond motifs is 1. The lowest BCUT2D eigenvalue weighted by Crippen LogP contribution is -2.38. The summed E-state index contributed by atoms with van der Waals surface area (Å²) >= 11 is 0. The molecule has 1 aliphatic heterocycles. The van der Waals surface area contributed by atoms with Crippen molar-refractivity contribution in [2.75, 3.05) is 24.3 Å². The first kappa shape index (κ1) is 23.7. The lowest BCUT2D eigenvalue weighted by molar-refractivity contribution is 0.0832. The standard InChI is InChI=1S/C26H24N6O3S/c27-26-18(2-1-12-29-26)3-8-24-23-16-25(30-17-19(23)9-13-28-24)31-20-4-6-22(7-5-20)36(33,34)32-21-10-14-35-15-11-21/h1-2,4-7,9,12-13,16-17,21,32H,10-11,14-15H2,(H2,27,29)(H,30,31). The van der Waals surface area contributed by atoms with Crippen molar-refractivity contribution in [2.24, 2.45) is 0 Å². The van der Waals surface area contributed by atoms with Crippen LogP contribution in [0.5, 0.6) is 0 Å². The number of nitrogens with zero attached hydrogens (tertiary/aromatic N) is 3. The third-order valence-corrected chi connectivity index (χ3v) is 7.32. The van der Waals surface area contributed by atoms with Crippen molar-refractivity contribution in [3.05, 3.63) is 78.4 Å². The van der Waals surface area contributed by atoms with Crippen molar-refractivity contribution >= 4 is 38.1 Å². The second-order valence-corrected chi connectivity index (χ2v) is 10.0. The molecule has 5 rings (SSSR count). The summed E-state index contributed by atoms with van der Waals surface area (Å²) in [6, 6.07) is 13.8. The van der Waals surface area contributed by atoms with Crippen LogP contribution in [0.2, 0.25) is 0 Å². The van der Waals surface area contributed by atoms with Gasteiger partial charge in [-0.1, -0.05) is 5.92 Å². The summed E-state index contributed by atoms with van der Waals surface area (Å²) in [4.78, 5) is 13.1. The van der Waals surface area contributed by atoms with Crippen LogP contribution in [0, 0.1) is 11.8 Å². The zero-order chi connectivity index (χ0) is 25.0. The van der Waals surface area contributed by atoms with E-state index >= 15 is 0 Å². The molecule has 0 radical (unpaired) electrons. The first-order valence-electron chi connectivity index (χ1n) is 11.4. The zero-order valence-corrected chi connectivity index (χ0v) is 20.1. The lowest BCUT2D eigenvalue weighted by atomic mass is 10.1. The topological polar surface area (TPSA) is 132 Å². The van der Waals surface area contributed by atoms with Crippen molar-refractivity contribution in [1.82, 2.24) is 19.7 Å². The van der Waals surface area contributed by atoms with Gasteiger partial charge in [-0.3, -0.25) is 0 Å². The molecule has 0 spiro atoms. The van der Waals surface area contributed by atoms with E-state index in [4.69, 9.17) is 10.5 Å². The number of benzene rings is 1. The summed E-state index contributed by atoms with van der Waals surface area (Å²) in [5, 5.41) is 4.93. The number of nitrogen functional groups attached to an aromatic ring is 1. The van der Waals surface area contributed by atoms with Gasteiger partial charge in [-0.15, -0.1) is 0 Å². The molecule has 36 heavy (non-hydrogen) atoms. The van der Waals surface area contributed by atoms with Gasteiger partial charge in [0.2, 0.25) is 10.0 Å². The van der Waals surface area contributed by atoms with Gasteiger partial charge < -0.3 is 15.8 Å². The third kappa shape index (κ3) is 5.44. The van der Waals surface area contributed by atoms with Crippen LogP contribution < -0.4 is 15.8 Å². The fourth-order valence-electron chi connectivity index (χ4n) is 3.85. The average molecular weight is 501 g/mol. The van der Waals surface area contributed by atoms with Crippen molar-refractivity contribution in [3.8, 4) is 11.8 Å². The summed E-state index contributed by atoms with van der Waals surface area (Å²) in [6.07, 6.45) is 6.37. The first-order valence-corrected chi connectivity index (χ1v) is 12.9. The Morgan fingerprint density at radius 2 is 1.78 bits per heavy atom. The number of sulfonamides is 1. The molecule has 1 saturated heterocycles. The molecule has 0 aliphatic carbocycles. The number of nitrogens with two attached hydrogens (primary N) is 1. The molecule has 182 valence electrons. The highest BCUT2D eigenvalue weighted by molar-refractivity contribution is 7.89. The number of pyridine rings is 3. The maximum Gasteiger partial charge on any atom is 0.240 e. The van der Waals surface area contributed by atoms with E-state index in [-0.39, 0.29) is 10.9 Å². The van der Waals surface area contributed by atoms with E-state index < -0.39 is 10.0 Å². The Kier molecular flexibility index (Phi) is 6.77. The van der Waals surface area contributed by atoms with Crippen LogP contribution in [-0.2, 0) is 14.8 Å². The Bertz CT molecular complexity index is 1560. The number of hydrogen-bond acceptors (Lipinski definition) is 8. The fraction of sp³-hybridized carbons (Fsp3) is 0.192. The van der Waals surface area contributed by atoms with Gasteiger partial charge in [-0.25, -0.2) is 28.1 Å². The smallest absolute Gasteiger partial charge is 0.240 e.